The Morgan fingerprint density at radius 3 is 2.71 bits per heavy atom. The van der Waals surface area contributed by atoms with Gasteiger partial charge in [-0.3, -0.25) is 0 Å². The lowest BCUT2D eigenvalue weighted by Gasteiger charge is -2.07. The van der Waals surface area contributed by atoms with Crippen molar-refractivity contribution >= 4 is 40.9 Å². The standard InChI is InChI=1S/C10H12Cl2N4S/c1-6(15-10(13)16-14)17-5-7-2-3-8(11)9(12)4-7/h2-4H,1,5,14H2,(H3,13,15,16). The molecule has 5 N–H and O–H groups in total. The van der Waals surface area contributed by atoms with Gasteiger partial charge in [0.1, 0.15) is 0 Å². The van der Waals surface area contributed by atoms with Gasteiger partial charge in [-0.2, -0.15) is 0 Å². The lowest BCUT2D eigenvalue weighted by atomic mass is 10.2. The molecule has 0 unspecified atom stereocenters. The Hall–Kier alpha value is -1.04. The molecule has 7 heteroatoms. The summed E-state index contributed by atoms with van der Waals surface area (Å²) in [6, 6.07) is 5.46. The van der Waals surface area contributed by atoms with Gasteiger partial charge < -0.3 is 16.9 Å². The first kappa shape index (κ1) is 14.0. The van der Waals surface area contributed by atoms with Crippen molar-refractivity contribution in [2.24, 2.45) is 16.7 Å². The molecule has 0 bridgehead atoms. The predicted octanol–water partition coefficient (Wildman–Crippen LogP) is 2.48. The molecule has 0 amide bonds. The molecule has 92 valence electrons. The average molecular weight is 291 g/mol. The number of hydrogen-bond donors (Lipinski definition) is 3. The normalized spacial score (nSPS) is 11.3. The van der Waals surface area contributed by atoms with Crippen LogP contribution in [0.2, 0.25) is 10.0 Å². The molecule has 1 aromatic rings. The molecule has 0 saturated heterocycles. The minimum Gasteiger partial charge on any atom is -0.368 e. The average Bonchev–Trinajstić information content (AvgIpc) is 2.30. The number of rotatable bonds is 4. The van der Waals surface area contributed by atoms with Gasteiger partial charge in [-0.25, -0.2) is 0 Å². The van der Waals surface area contributed by atoms with Crippen molar-refractivity contribution in [2.45, 2.75) is 5.75 Å². The zero-order valence-corrected chi connectivity index (χ0v) is 11.2. The summed E-state index contributed by atoms with van der Waals surface area (Å²) >= 11 is 13.2. The number of hydrazone groups is 1. The van der Waals surface area contributed by atoms with Gasteiger partial charge in [0.25, 0.3) is 0 Å². The van der Waals surface area contributed by atoms with Crippen molar-refractivity contribution in [1.82, 2.24) is 5.32 Å². The highest BCUT2D eigenvalue weighted by Crippen LogP contribution is 2.25. The lowest BCUT2D eigenvalue weighted by Crippen LogP contribution is -2.30. The maximum atomic E-state index is 5.90. The molecule has 0 heterocycles. The topological polar surface area (TPSA) is 76.4 Å². The zero-order valence-electron chi connectivity index (χ0n) is 8.91. The summed E-state index contributed by atoms with van der Waals surface area (Å²) in [5, 5.41) is 7.75. The summed E-state index contributed by atoms with van der Waals surface area (Å²) in [5.74, 6) is 5.80. The second kappa shape index (κ2) is 6.64. The molecular formula is C10H12Cl2N4S. The third-order valence-electron chi connectivity index (χ3n) is 1.80. The number of nitrogens with two attached hydrogens (primary N) is 2. The highest BCUT2D eigenvalue weighted by Gasteiger charge is 2.02. The van der Waals surface area contributed by atoms with Gasteiger partial charge >= 0.3 is 0 Å². The molecule has 4 nitrogen and oxygen atoms in total. The summed E-state index contributed by atoms with van der Waals surface area (Å²) < 4.78 is 0. The highest BCUT2D eigenvalue weighted by molar-refractivity contribution is 8.02. The summed E-state index contributed by atoms with van der Waals surface area (Å²) in [7, 11) is 0. The number of hydrogen-bond acceptors (Lipinski definition) is 3. The summed E-state index contributed by atoms with van der Waals surface area (Å²) in [5.41, 5.74) is 6.43. The second-order valence-electron chi connectivity index (χ2n) is 3.10. The molecule has 1 rings (SSSR count). The Morgan fingerprint density at radius 2 is 2.12 bits per heavy atom. The van der Waals surface area contributed by atoms with E-state index in [2.05, 4.69) is 17.0 Å². The highest BCUT2D eigenvalue weighted by atomic mass is 35.5. The molecule has 0 aliphatic heterocycles. The van der Waals surface area contributed by atoms with E-state index in [0.717, 1.165) is 5.56 Å². The van der Waals surface area contributed by atoms with Crippen molar-refractivity contribution in [2.75, 3.05) is 0 Å². The predicted molar refractivity (Wildman–Crippen MR) is 75.8 cm³/mol. The molecule has 0 aromatic heterocycles. The van der Waals surface area contributed by atoms with Gasteiger partial charge in [-0.15, -0.1) is 16.9 Å². The third-order valence-corrected chi connectivity index (χ3v) is 3.47. The summed E-state index contributed by atoms with van der Waals surface area (Å²) in [6.45, 7) is 3.77. The van der Waals surface area contributed by atoms with Crippen molar-refractivity contribution in [3.8, 4) is 0 Å². The van der Waals surface area contributed by atoms with E-state index in [1.165, 1.54) is 11.8 Å². The van der Waals surface area contributed by atoms with Crippen LogP contribution < -0.4 is 16.9 Å². The molecule has 1 aromatic carbocycles. The van der Waals surface area contributed by atoms with Crippen LogP contribution in [0.1, 0.15) is 5.56 Å². The molecule has 0 spiro atoms. The first-order valence-electron chi connectivity index (χ1n) is 4.59. The van der Waals surface area contributed by atoms with Gasteiger partial charge in [-0.1, -0.05) is 35.8 Å². The smallest absolute Gasteiger partial charge is 0.215 e. The first-order chi connectivity index (χ1) is 8.02. The van der Waals surface area contributed by atoms with Crippen LogP contribution in [0, 0.1) is 0 Å². The fourth-order valence-electron chi connectivity index (χ4n) is 1.01. The molecular weight excluding hydrogens is 279 g/mol. The van der Waals surface area contributed by atoms with Crippen molar-refractivity contribution in [1.29, 1.82) is 0 Å². The fraction of sp³-hybridized carbons (Fsp3) is 0.100. The SMILES string of the molecule is C=C(N/C(N)=N\N)SCc1ccc(Cl)c(Cl)c1. The first-order valence-corrected chi connectivity index (χ1v) is 6.33. The van der Waals surface area contributed by atoms with E-state index >= 15 is 0 Å². The van der Waals surface area contributed by atoms with Gasteiger partial charge in [-0.05, 0) is 17.7 Å². The van der Waals surface area contributed by atoms with Crippen LogP contribution in [0.15, 0.2) is 34.9 Å². The monoisotopic (exact) mass is 290 g/mol. The molecule has 0 aliphatic carbocycles. The number of benzene rings is 1. The Bertz CT molecular complexity index is 448. The molecule has 0 saturated carbocycles. The maximum Gasteiger partial charge on any atom is 0.215 e. The largest absolute Gasteiger partial charge is 0.368 e. The van der Waals surface area contributed by atoms with Gasteiger partial charge in [0, 0.05) is 5.75 Å². The molecule has 17 heavy (non-hydrogen) atoms. The number of guanidine groups is 1. The Kier molecular flexibility index (Phi) is 5.47. The summed E-state index contributed by atoms with van der Waals surface area (Å²) in [6.07, 6.45) is 0. The van der Waals surface area contributed by atoms with E-state index < -0.39 is 0 Å². The summed E-state index contributed by atoms with van der Waals surface area (Å²) in [4.78, 5) is 0. The van der Waals surface area contributed by atoms with Crippen LogP contribution in [0.5, 0.6) is 0 Å². The zero-order chi connectivity index (χ0) is 12.8. The minimum atomic E-state index is 0.122. The van der Waals surface area contributed by atoms with Crippen LogP contribution in [0.4, 0.5) is 0 Å². The lowest BCUT2D eigenvalue weighted by molar-refractivity contribution is 1.12. The van der Waals surface area contributed by atoms with Crippen LogP contribution in [0.3, 0.4) is 0 Å². The van der Waals surface area contributed by atoms with Crippen molar-refractivity contribution in [3.05, 3.63) is 45.4 Å². The van der Waals surface area contributed by atoms with Crippen LogP contribution in [0.25, 0.3) is 0 Å². The van der Waals surface area contributed by atoms with Crippen LogP contribution >= 0.6 is 35.0 Å². The maximum absolute atomic E-state index is 5.90. The Labute approximate surface area is 114 Å². The molecule has 0 aliphatic rings. The van der Waals surface area contributed by atoms with E-state index in [1.807, 2.05) is 12.1 Å². The Morgan fingerprint density at radius 1 is 1.41 bits per heavy atom. The number of nitrogens with one attached hydrogen (secondary N) is 1. The molecule has 0 radical (unpaired) electrons. The molecule has 0 fully saturated rings. The van der Waals surface area contributed by atoms with Gasteiger partial charge in [0.05, 0.1) is 15.1 Å². The van der Waals surface area contributed by atoms with Crippen LogP contribution in [-0.2, 0) is 5.75 Å². The van der Waals surface area contributed by atoms with E-state index in [-0.39, 0.29) is 5.96 Å². The second-order valence-corrected chi connectivity index (χ2v) is 4.98. The van der Waals surface area contributed by atoms with Crippen molar-refractivity contribution in [3.63, 3.8) is 0 Å². The fourth-order valence-corrected chi connectivity index (χ4v) is 2.03. The minimum absolute atomic E-state index is 0.122. The number of halogens is 2. The Balaban J connectivity index is 2.50. The number of nitrogens with zero attached hydrogens (tertiary/aromatic N) is 1. The van der Waals surface area contributed by atoms with E-state index in [4.69, 9.17) is 34.8 Å². The van der Waals surface area contributed by atoms with E-state index in [0.29, 0.717) is 20.8 Å². The molecule has 0 atom stereocenters. The third kappa shape index (κ3) is 4.77. The van der Waals surface area contributed by atoms with Crippen molar-refractivity contribution < 1.29 is 0 Å². The number of thioether (sulfide) groups is 1. The van der Waals surface area contributed by atoms with E-state index in [1.54, 1.807) is 6.07 Å². The van der Waals surface area contributed by atoms with Gasteiger partial charge in [0.15, 0.2) is 0 Å². The van der Waals surface area contributed by atoms with E-state index in [9.17, 15) is 0 Å². The van der Waals surface area contributed by atoms with Gasteiger partial charge in [0.2, 0.25) is 5.96 Å². The quantitative estimate of drug-likeness (QED) is 0.345. The van der Waals surface area contributed by atoms with Crippen LogP contribution in [-0.4, -0.2) is 5.96 Å².